The van der Waals surface area contributed by atoms with Crippen molar-refractivity contribution in [3.63, 3.8) is 0 Å². The predicted octanol–water partition coefficient (Wildman–Crippen LogP) is 4.95. The van der Waals surface area contributed by atoms with Gasteiger partial charge in [-0.25, -0.2) is 19.6 Å². The first kappa shape index (κ1) is 30.3. The number of piperidine rings is 1. The molecule has 4 N–H and O–H groups in total. The molecule has 2 saturated heterocycles. The first-order chi connectivity index (χ1) is 22.2. The van der Waals surface area contributed by atoms with Crippen LogP contribution in [-0.4, -0.2) is 52.2 Å². The van der Waals surface area contributed by atoms with Crippen molar-refractivity contribution in [3.05, 3.63) is 88.0 Å². The highest BCUT2D eigenvalue weighted by atomic mass is 35.5. The van der Waals surface area contributed by atoms with Gasteiger partial charge in [-0.2, -0.15) is 0 Å². The van der Waals surface area contributed by atoms with E-state index in [1.165, 1.54) is 6.07 Å². The number of imidazole rings is 1. The standard InChI is InChI=1S/C33H34ClFN6O5/c1-33(24-7-6-21(34)16-25(24)35)45-28-4-2-3-23(30(28)46-33)19-9-12-40(13-10-19)18-29-37-26-15-20(31(42)38-39-32(36)43)5-8-27(26)41(29)17-22-11-14-44-22/h2-8,15-16,19,22H,9-14,17-18H2,1H3,(H,38,42)(H3,36,39,43)/t22-,33?/m0/s1. The van der Waals surface area contributed by atoms with Crippen LogP contribution in [0.4, 0.5) is 9.18 Å². The summed E-state index contributed by atoms with van der Waals surface area (Å²) in [4.78, 5) is 30.8. The maximum absolute atomic E-state index is 14.9. The zero-order valence-corrected chi connectivity index (χ0v) is 26.0. The topological polar surface area (TPSA) is 133 Å². The monoisotopic (exact) mass is 648 g/mol. The number of nitrogens with two attached hydrogens (primary N) is 1. The number of carbonyl (C=O) groups excluding carboxylic acids is 2. The molecule has 4 aromatic rings. The van der Waals surface area contributed by atoms with Crippen LogP contribution < -0.4 is 26.1 Å². The molecular weight excluding hydrogens is 615 g/mol. The molecule has 2 fully saturated rings. The molecule has 2 atom stereocenters. The highest BCUT2D eigenvalue weighted by Gasteiger charge is 2.43. The molecule has 3 aromatic carbocycles. The van der Waals surface area contributed by atoms with Crippen LogP contribution in [0.1, 0.15) is 59.4 Å². The maximum Gasteiger partial charge on any atom is 0.330 e. The van der Waals surface area contributed by atoms with Gasteiger partial charge in [-0.1, -0.05) is 23.7 Å². The highest BCUT2D eigenvalue weighted by Crippen LogP contribution is 2.50. The number of rotatable bonds is 7. The number of fused-ring (bicyclic) bond motifs is 2. The van der Waals surface area contributed by atoms with Crippen LogP contribution in [0.2, 0.25) is 5.02 Å². The minimum atomic E-state index is -1.30. The van der Waals surface area contributed by atoms with Gasteiger partial charge in [0.05, 0.1) is 35.8 Å². The molecule has 3 aliphatic rings. The average molecular weight is 649 g/mol. The van der Waals surface area contributed by atoms with Crippen LogP contribution in [-0.2, 0) is 23.6 Å². The second-order valence-corrected chi connectivity index (χ2v) is 12.5. The van der Waals surface area contributed by atoms with Crippen molar-refractivity contribution >= 4 is 34.6 Å². The third kappa shape index (κ3) is 5.83. The quantitative estimate of drug-likeness (QED) is 0.242. The van der Waals surface area contributed by atoms with Crippen LogP contribution in [0.15, 0.2) is 54.6 Å². The summed E-state index contributed by atoms with van der Waals surface area (Å²) in [7, 11) is 0. The lowest BCUT2D eigenvalue weighted by molar-refractivity contribution is -0.0712. The molecule has 7 rings (SSSR count). The van der Waals surface area contributed by atoms with Crippen LogP contribution in [0, 0.1) is 5.82 Å². The molecule has 0 bridgehead atoms. The molecule has 4 heterocycles. The summed E-state index contributed by atoms with van der Waals surface area (Å²) in [6.45, 7) is 5.47. The highest BCUT2D eigenvalue weighted by molar-refractivity contribution is 6.30. The fourth-order valence-electron chi connectivity index (χ4n) is 6.51. The summed E-state index contributed by atoms with van der Waals surface area (Å²) in [5.41, 5.74) is 12.8. The van der Waals surface area contributed by atoms with E-state index in [2.05, 4.69) is 26.4 Å². The Hall–Kier alpha value is -4.39. The molecule has 0 spiro atoms. The predicted molar refractivity (Wildman–Crippen MR) is 168 cm³/mol. The SMILES string of the molecule is CC1(c2ccc(Cl)cc2F)Oc2cccc(C3CCN(Cc4nc5cc(C(=O)NNC(N)=O)ccc5n4C[C@@H]4CCO4)CC3)c2O1. The lowest BCUT2D eigenvalue weighted by Gasteiger charge is -2.33. The van der Waals surface area contributed by atoms with E-state index in [9.17, 15) is 14.0 Å². The van der Waals surface area contributed by atoms with Crippen LogP contribution in [0.5, 0.6) is 11.5 Å². The van der Waals surface area contributed by atoms with Crippen LogP contribution in [0.25, 0.3) is 11.0 Å². The average Bonchev–Trinajstić information content (AvgIpc) is 3.54. The molecule has 0 saturated carbocycles. The molecule has 1 aromatic heterocycles. The maximum atomic E-state index is 14.9. The lowest BCUT2D eigenvalue weighted by Crippen LogP contribution is -2.44. The number of aromatic nitrogens is 2. The Bertz CT molecular complexity index is 1820. The van der Waals surface area contributed by atoms with Crippen molar-refractivity contribution in [2.45, 2.75) is 57.1 Å². The van der Waals surface area contributed by atoms with Gasteiger partial charge in [0, 0.05) is 29.7 Å². The van der Waals surface area contributed by atoms with Crippen molar-refractivity contribution in [1.29, 1.82) is 0 Å². The summed E-state index contributed by atoms with van der Waals surface area (Å²) in [5, 5.41) is 0.312. The summed E-state index contributed by atoms with van der Waals surface area (Å²) in [6.07, 6.45) is 2.91. The van der Waals surface area contributed by atoms with Gasteiger partial charge in [0.15, 0.2) is 11.5 Å². The fraction of sp³-hybridized carbons (Fsp3) is 0.364. The Morgan fingerprint density at radius 3 is 2.61 bits per heavy atom. The molecule has 11 nitrogen and oxygen atoms in total. The number of hydrazine groups is 1. The number of amides is 3. The zero-order valence-electron chi connectivity index (χ0n) is 25.2. The first-order valence-corrected chi connectivity index (χ1v) is 15.7. The van der Waals surface area contributed by atoms with E-state index in [1.807, 2.05) is 18.2 Å². The Morgan fingerprint density at radius 1 is 1.09 bits per heavy atom. The Labute approximate surface area is 269 Å². The van der Waals surface area contributed by atoms with Gasteiger partial charge in [-0.15, -0.1) is 0 Å². The van der Waals surface area contributed by atoms with E-state index in [0.717, 1.165) is 55.9 Å². The molecule has 3 aliphatic heterocycles. The Kier molecular flexibility index (Phi) is 7.95. The van der Waals surface area contributed by atoms with Crippen molar-refractivity contribution in [3.8, 4) is 11.5 Å². The number of hydrogen-bond acceptors (Lipinski definition) is 7. The second-order valence-electron chi connectivity index (χ2n) is 12.1. The molecule has 13 heteroatoms. The van der Waals surface area contributed by atoms with E-state index in [1.54, 1.807) is 31.2 Å². The zero-order chi connectivity index (χ0) is 32.0. The van der Waals surface area contributed by atoms with Gasteiger partial charge in [-0.3, -0.25) is 15.1 Å². The van der Waals surface area contributed by atoms with Crippen LogP contribution in [0.3, 0.4) is 0 Å². The van der Waals surface area contributed by atoms with Crippen molar-refractivity contribution < 1.29 is 28.2 Å². The number of nitrogens with zero attached hydrogens (tertiary/aromatic N) is 3. The number of nitrogens with one attached hydrogen (secondary N) is 2. The van der Waals surface area contributed by atoms with E-state index < -0.39 is 23.5 Å². The minimum Gasteiger partial charge on any atom is -0.444 e. The van der Waals surface area contributed by atoms with Crippen molar-refractivity contribution in [2.75, 3.05) is 19.7 Å². The third-order valence-electron chi connectivity index (χ3n) is 8.99. The number of likely N-dealkylation sites (tertiary alicyclic amines) is 1. The number of urea groups is 1. The fourth-order valence-corrected chi connectivity index (χ4v) is 6.67. The molecule has 3 amide bonds. The smallest absolute Gasteiger partial charge is 0.330 e. The molecule has 0 aliphatic carbocycles. The van der Waals surface area contributed by atoms with Crippen molar-refractivity contribution in [2.24, 2.45) is 5.73 Å². The van der Waals surface area contributed by atoms with Gasteiger partial charge < -0.3 is 24.5 Å². The normalized spacial score (nSPS) is 21.2. The molecule has 0 radical (unpaired) electrons. The number of benzene rings is 3. The van der Waals surface area contributed by atoms with E-state index in [-0.39, 0.29) is 12.0 Å². The number of ether oxygens (including phenoxy) is 3. The summed E-state index contributed by atoms with van der Waals surface area (Å²) < 4.78 is 35.3. The first-order valence-electron chi connectivity index (χ1n) is 15.3. The van der Waals surface area contributed by atoms with E-state index in [4.69, 9.17) is 36.5 Å². The van der Waals surface area contributed by atoms with Gasteiger partial charge >= 0.3 is 6.03 Å². The molecule has 46 heavy (non-hydrogen) atoms. The van der Waals surface area contributed by atoms with Gasteiger partial charge in [0.1, 0.15) is 11.6 Å². The Morgan fingerprint density at radius 2 is 1.89 bits per heavy atom. The third-order valence-corrected chi connectivity index (χ3v) is 9.23. The van der Waals surface area contributed by atoms with Gasteiger partial charge in [0.2, 0.25) is 0 Å². The number of primary amides is 1. The number of halogens is 2. The van der Waals surface area contributed by atoms with E-state index in [0.29, 0.717) is 46.3 Å². The summed E-state index contributed by atoms with van der Waals surface area (Å²) >= 11 is 5.98. The molecule has 240 valence electrons. The number of para-hydroxylation sites is 1. The summed E-state index contributed by atoms with van der Waals surface area (Å²) in [6, 6.07) is 14.8. The van der Waals surface area contributed by atoms with Crippen LogP contribution >= 0.6 is 11.6 Å². The number of hydrogen-bond donors (Lipinski definition) is 3. The van der Waals surface area contributed by atoms with Crippen molar-refractivity contribution in [1.82, 2.24) is 25.3 Å². The summed E-state index contributed by atoms with van der Waals surface area (Å²) in [5.74, 6) is 0.136. The van der Waals surface area contributed by atoms with Gasteiger partial charge in [0.25, 0.3) is 11.7 Å². The lowest BCUT2D eigenvalue weighted by atomic mass is 9.88. The largest absolute Gasteiger partial charge is 0.444 e. The van der Waals surface area contributed by atoms with Gasteiger partial charge in [-0.05, 0) is 80.7 Å². The van der Waals surface area contributed by atoms with E-state index >= 15 is 0 Å². The Balaban J connectivity index is 1.06. The molecule has 1 unspecified atom stereocenters. The molecular formula is C33H34ClFN6O5. The minimum absolute atomic E-state index is 0.124. The number of carbonyl (C=O) groups is 2. The second kappa shape index (κ2) is 12.1.